The Morgan fingerprint density at radius 1 is 1.60 bits per heavy atom. The predicted octanol–water partition coefficient (Wildman–Crippen LogP) is 2.86. The van der Waals surface area contributed by atoms with Gasteiger partial charge in [-0.3, -0.25) is 0 Å². The van der Waals surface area contributed by atoms with E-state index in [0.29, 0.717) is 10.0 Å². The van der Waals surface area contributed by atoms with E-state index < -0.39 is 5.97 Å². The van der Waals surface area contributed by atoms with E-state index in [1.807, 2.05) is 6.07 Å². The van der Waals surface area contributed by atoms with Gasteiger partial charge in [-0.1, -0.05) is 12.1 Å². The Kier molecular flexibility index (Phi) is 3.87. The Bertz CT molecular complexity index is 423. The number of esters is 1. The molecule has 0 heterocycles. The molecule has 0 spiro atoms. The molecule has 0 N–H and O–H groups in total. The first-order valence-corrected chi connectivity index (χ1v) is 5.17. The Balaban J connectivity index is 3.24. The summed E-state index contributed by atoms with van der Waals surface area (Å²) in [5.41, 5.74) is 1.23. The van der Waals surface area contributed by atoms with Crippen molar-refractivity contribution in [2.45, 2.75) is 12.8 Å². The van der Waals surface area contributed by atoms with Crippen molar-refractivity contribution in [1.82, 2.24) is 0 Å². The number of halogens is 1. The molecule has 0 bridgehead atoms. The molecule has 0 amide bonds. The third-order valence-corrected chi connectivity index (χ3v) is 2.98. The minimum Gasteiger partial charge on any atom is -0.465 e. The number of hydrogen-bond donors (Lipinski definition) is 0. The average Bonchev–Trinajstić information content (AvgIpc) is 2.27. The van der Waals surface area contributed by atoms with Crippen LogP contribution in [0.3, 0.4) is 0 Å². The summed E-state index contributed by atoms with van der Waals surface area (Å²) in [7, 11) is 1.33. The molecule has 1 aromatic carbocycles. The molecule has 1 aromatic rings. The first kappa shape index (κ1) is 11.7. The van der Waals surface area contributed by atoms with Crippen molar-refractivity contribution in [2.75, 3.05) is 7.11 Å². The van der Waals surface area contributed by atoms with Gasteiger partial charge in [-0.05, 0) is 34.5 Å². The molecule has 0 aromatic heterocycles. The molecular formula is C11H10BrNO2. The fourth-order valence-corrected chi connectivity index (χ4v) is 1.99. The van der Waals surface area contributed by atoms with E-state index in [1.165, 1.54) is 7.11 Å². The van der Waals surface area contributed by atoms with Gasteiger partial charge < -0.3 is 4.74 Å². The van der Waals surface area contributed by atoms with Crippen molar-refractivity contribution >= 4 is 21.9 Å². The van der Waals surface area contributed by atoms with Crippen LogP contribution in [0.5, 0.6) is 0 Å². The second-order valence-corrected chi connectivity index (χ2v) is 3.84. The van der Waals surface area contributed by atoms with Crippen LogP contribution in [-0.4, -0.2) is 13.1 Å². The lowest BCUT2D eigenvalue weighted by atomic mass is 10.0. The second-order valence-electron chi connectivity index (χ2n) is 3.05. The minimum atomic E-state index is -0.408. The smallest absolute Gasteiger partial charge is 0.339 e. The first-order valence-electron chi connectivity index (χ1n) is 4.38. The predicted molar refractivity (Wildman–Crippen MR) is 59.5 cm³/mol. The first-order chi connectivity index (χ1) is 7.11. The normalized spacial score (nSPS) is 11.6. The van der Waals surface area contributed by atoms with E-state index in [4.69, 9.17) is 5.26 Å². The number of carbonyl (C=O) groups is 1. The van der Waals surface area contributed by atoms with Crippen LogP contribution in [0, 0.1) is 11.3 Å². The highest BCUT2D eigenvalue weighted by Gasteiger charge is 2.16. The molecule has 3 nitrogen and oxygen atoms in total. The summed E-state index contributed by atoms with van der Waals surface area (Å²) in [5, 5.41) is 8.81. The molecule has 15 heavy (non-hydrogen) atoms. The number of nitriles is 1. The van der Waals surface area contributed by atoms with E-state index in [1.54, 1.807) is 19.1 Å². The largest absolute Gasteiger partial charge is 0.465 e. The maximum Gasteiger partial charge on any atom is 0.339 e. The third-order valence-electron chi connectivity index (χ3n) is 2.09. The number of methoxy groups -OCH3 is 1. The van der Waals surface area contributed by atoms with E-state index in [9.17, 15) is 4.79 Å². The van der Waals surface area contributed by atoms with Crippen LogP contribution in [0.1, 0.15) is 28.8 Å². The fraction of sp³-hybridized carbons (Fsp3) is 0.273. The maximum atomic E-state index is 11.4. The highest BCUT2D eigenvalue weighted by Crippen LogP contribution is 2.28. The zero-order valence-electron chi connectivity index (χ0n) is 8.45. The van der Waals surface area contributed by atoms with Crippen molar-refractivity contribution in [3.63, 3.8) is 0 Å². The standard InChI is InChI=1S/C11H10BrNO2/c1-7(6-13)8-4-3-5-9(10(8)12)11(14)15-2/h3-5,7H,1-2H3. The number of ether oxygens (including phenoxy) is 1. The van der Waals surface area contributed by atoms with Crippen LogP contribution in [0.4, 0.5) is 0 Å². The van der Waals surface area contributed by atoms with Gasteiger partial charge >= 0.3 is 5.97 Å². The van der Waals surface area contributed by atoms with Gasteiger partial charge in [0.1, 0.15) is 0 Å². The molecule has 78 valence electrons. The van der Waals surface area contributed by atoms with Crippen molar-refractivity contribution < 1.29 is 9.53 Å². The summed E-state index contributed by atoms with van der Waals surface area (Å²) in [6, 6.07) is 7.33. The Morgan fingerprint density at radius 3 is 2.80 bits per heavy atom. The van der Waals surface area contributed by atoms with Crippen LogP contribution in [-0.2, 0) is 4.74 Å². The van der Waals surface area contributed by atoms with Gasteiger partial charge in [-0.15, -0.1) is 0 Å². The average molecular weight is 268 g/mol. The lowest BCUT2D eigenvalue weighted by Crippen LogP contribution is -2.04. The van der Waals surface area contributed by atoms with Crippen LogP contribution in [0.25, 0.3) is 0 Å². The highest BCUT2D eigenvalue weighted by molar-refractivity contribution is 9.10. The number of carbonyl (C=O) groups excluding carboxylic acids is 1. The number of nitrogens with zero attached hydrogens (tertiary/aromatic N) is 1. The highest BCUT2D eigenvalue weighted by atomic mass is 79.9. The molecule has 1 unspecified atom stereocenters. The minimum absolute atomic E-state index is 0.260. The Morgan fingerprint density at radius 2 is 2.27 bits per heavy atom. The van der Waals surface area contributed by atoms with Gasteiger partial charge in [0.25, 0.3) is 0 Å². The van der Waals surface area contributed by atoms with E-state index >= 15 is 0 Å². The van der Waals surface area contributed by atoms with Crippen LogP contribution < -0.4 is 0 Å². The van der Waals surface area contributed by atoms with Crippen molar-refractivity contribution in [2.24, 2.45) is 0 Å². The van der Waals surface area contributed by atoms with Gasteiger partial charge in [-0.25, -0.2) is 4.79 Å². The summed E-state index contributed by atoms with van der Waals surface area (Å²) < 4.78 is 5.26. The van der Waals surface area contributed by atoms with Gasteiger partial charge in [0.15, 0.2) is 0 Å². The van der Waals surface area contributed by atoms with Crippen LogP contribution in [0.15, 0.2) is 22.7 Å². The van der Waals surface area contributed by atoms with Gasteiger partial charge in [-0.2, -0.15) is 5.26 Å². The summed E-state index contributed by atoms with van der Waals surface area (Å²) in [6.45, 7) is 1.78. The van der Waals surface area contributed by atoms with E-state index in [0.717, 1.165) is 5.56 Å². The van der Waals surface area contributed by atoms with Gasteiger partial charge in [0, 0.05) is 4.47 Å². The summed E-state index contributed by atoms with van der Waals surface area (Å²) in [6.07, 6.45) is 0. The molecule has 4 heteroatoms. The quantitative estimate of drug-likeness (QED) is 0.775. The monoisotopic (exact) mass is 267 g/mol. The molecule has 0 aliphatic heterocycles. The number of rotatable bonds is 2. The summed E-state index contributed by atoms with van der Waals surface area (Å²) in [4.78, 5) is 11.4. The number of benzene rings is 1. The van der Waals surface area contributed by atoms with E-state index in [2.05, 4.69) is 26.7 Å². The lowest BCUT2D eigenvalue weighted by molar-refractivity contribution is 0.0599. The zero-order chi connectivity index (χ0) is 11.4. The molecular weight excluding hydrogens is 258 g/mol. The van der Waals surface area contributed by atoms with E-state index in [-0.39, 0.29) is 5.92 Å². The van der Waals surface area contributed by atoms with Gasteiger partial charge in [0.2, 0.25) is 0 Å². The Labute approximate surface area is 96.8 Å². The fourth-order valence-electron chi connectivity index (χ4n) is 1.22. The van der Waals surface area contributed by atoms with Crippen molar-refractivity contribution in [3.8, 4) is 6.07 Å². The molecule has 0 saturated carbocycles. The molecule has 1 atom stereocenters. The number of hydrogen-bond acceptors (Lipinski definition) is 3. The molecule has 0 fully saturated rings. The topological polar surface area (TPSA) is 50.1 Å². The molecule has 1 rings (SSSR count). The maximum absolute atomic E-state index is 11.4. The van der Waals surface area contributed by atoms with Crippen LogP contribution >= 0.6 is 15.9 Å². The summed E-state index contributed by atoms with van der Waals surface area (Å²) in [5.74, 6) is -0.669. The SMILES string of the molecule is COC(=O)c1cccc(C(C)C#N)c1Br. The van der Waals surface area contributed by atoms with Crippen molar-refractivity contribution in [1.29, 1.82) is 5.26 Å². The lowest BCUT2D eigenvalue weighted by Gasteiger charge is -2.09. The third kappa shape index (κ3) is 2.37. The molecule has 0 saturated heterocycles. The molecule has 0 radical (unpaired) electrons. The Hall–Kier alpha value is -1.34. The zero-order valence-corrected chi connectivity index (χ0v) is 10.0. The van der Waals surface area contributed by atoms with Gasteiger partial charge in [0.05, 0.1) is 24.7 Å². The molecule has 0 aliphatic rings. The second kappa shape index (κ2) is 4.94. The van der Waals surface area contributed by atoms with Crippen LogP contribution in [0.2, 0.25) is 0 Å². The summed E-state index contributed by atoms with van der Waals surface area (Å²) >= 11 is 3.31. The molecule has 0 aliphatic carbocycles. The van der Waals surface area contributed by atoms with Crippen molar-refractivity contribution in [3.05, 3.63) is 33.8 Å².